The first kappa shape index (κ1) is 17.8. The van der Waals surface area contributed by atoms with Crippen molar-refractivity contribution in [3.63, 3.8) is 0 Å². The van der Waals surface area contributed by atoms with Crippen LogP contribution in [0, 0.1) is 0 Å². The summed E-state index contributed by atoms with van der Waals surface area (Å²) in [7, 11) is 0. The van der Waals surface area contributed by atoms with Crippen molar-refractivity contribution in [2.24, 2.45) is 0 Å². The lowest BCUT2D eigenvalue weighted by molar-refractivity contribution is -0.324. The molecule has 0 aliphatic heterocycles. The Labute approximate surface area is 111 Å². The van der Waals surface area contributed by atoms with Gasteiger partial charge in [-0.2, -0.15) is 0 Å². The first-order chi connectivity index (χ1) is 8.91. The predicted molar refractivity (Wildman–Crippen MR) is 72.3 cm³/mol. The quantitative estimate of drug-likeness (QED) is 0.271. The fourth-order valence-electron chi connectivity index (χ4n) is 1.84. The maximum atomic E-state index is 8.02. The van der Waals surface area contributed by atoms with E-state index in [1.165, 1.54) is 57.8 Å². The van der Waals surface area contributed by atoms with E-state index in [0.717, 1.165) is 6.42 Å². The van der Waals surface area contributed by atoms with Gasteiger partial charge in [-0.3, -0.25) is 5.26 Å². The molecule has 0 saturated heterocycles. The highest BCUT2D eigenvalue weighted by molar-refractivity contribution is 4.46. The van der Waals surface area contributed by atoms with Gasteiger partial charge in [-0.15, -0.1) is 0 Å². The van der Waals surface area contributed by atoms with E-state index < -0.39 is 0 Å². The van der Waals surface area contributed by atoms with Crippen molar-refractivity contribution in [3.05, 3.63) is 0 Å². The Kier molecular flexibility index (Phi) is 16.7. The summed E-state index contributed by atoms with van der Waals surface area (Å²) in [6.45, 7) is 3.30. The van der Waals surface area contributed by atoms with E-state index in [2.05, 4.69) is 11.8 Å². The molecule has 0 fully saturated rings. The van der Waals surface area contributed by atoms with Crippen LogP contribution in [0.5, 0.6) is 0 Å². The molecular formula is C14H30O4. The number of unbranched alkanes of at least 4 members (excludes halogenated alkanes) is 9. The number of hydrogen-bond donors (Lipinski definition) is 1. The summed E-state index contributed by atoms with van der Waals surface area (Å²) < 4.78 is 0. The summed E-state index contributed by atoms with van der Waals surface area (Å²) in [4.78, 5) is 13.5. The molecule has 0 aliphatic carbocycles. The smallest absolute Gasteiger partial charge is 0.109 e. The van der Waals surface area contributed by atoms with Crippen LogP contribution in [0.4, 0.5) is 0 Å². The Balaban J connectivity index is 2.86. The number of hydrogen-bond acceptors (Lipinski definition) is 4. The summed E-state index contributed by atoms with van der Waals surface area (Å²) in [6, 6.07) is 0. The lowest BCUT2D eigenvalue weighted by Gasteiger charge is -2.03. The van der Waals surface area contributed by atoms with Crippen LogP contribution in [0.3, 0.4) is 0 Å². The Morgan fingerprint density at radius 1 is 0.611 bits per heavy atom. The first-order valence-corrected chi connectivity index (χ1v) is 7.42. The molecule has 18 heavy (non-hydrogen) atoms. The van der Waals surface area contributed by atoms with E-state index in [1.807, 2.05) is 0 Å². The maximum absolute atomic E-state index is 8.02. The molecule has 0 rings (SSSR count). The highest BCUT2D eigenvalue weighted by Crippen LogP contribution is 2.10. The fraction of sp³-hybridized carbons (Fsp3) is 1.00. The van der Waals surface area contributed by atoms with E-state index in [-0.39, 0.29) is 13.2 Å². The third-order valence-electron chi connectivity index (χ3n) is 2.92. The van der Waals surface area contributed by atoms with Crippen LogP contribution in [0.1, 0.15) is 71.1 Å². The highest BCUT2D eigenvalue weighted by Gasteiger charge is 1.93. The lowest BCUT2D eigenvalue weighted by Crippen LogP contribution is -2.03. The normalized spacial score (nSPS) is 11.0. The minimum absolute atomic E-state index is 0.151. The molecule has 0 aromatic heterocycles. The third kappa shape index (κ3) is 15.8. The highest BCUT2D eigenvalue weighted by atomic mass is 17.2. The molecule has 0 unspecified atom stereocenters. The Hall–Kier alpha value is -0.160. The first-order valence-electron chi connectivity index (χ1n) is 7.42. The predicted octanol–water partition coefficient (Wildman–Crippen LogP) is 4.35. The summed E-state index contributed by atoms with van der Waals surface area (Å²) >= 11 is 0. The van der Waals surface area contributed by atoms with E-state index >= 15 is 0 Å². The molecule has 0 aromatic carbocycles. The van der Waals surface area contributed by atoms with Gasteiger partial charge in [0.05, 0.1) is 6.61 Å². The van der Waals surface area contributed by atoms with Gasteiger partial charge < -0.3 is 0 Å². The van der Waals surface area contributed by atoms with Gasteiger partial charge in [-0.1, -0.05) is 64.7 Å². The molecule has 1 N–H and O–H groups in total. The monoisotopic (exact) mass is 262 g/mol. The minimum atomic E-state index is 0.151. The average molecular weight is 262 g/mol. The zero-order chi connectivity index (χ0) is 13.3. The fourth-order valence-corrected chi connectivity index (χ4v) is 1.84. The van der Waals surface area contributed by atoms with Crippen molar-refractivity contribution >= 4 is 0 Å². The summed E-state index contributed by atoms with van der Waals surface area (Å²) in [5.41, 5.74) is 0. The van der Waals surface area contributed by atoms with E-state index in [0.29, 0.717) is 6.61 Å². The van der Waals surface area contributed by atoms with Crippen molar-refractivity contribution in [1.82, 2.24) is 0 Å². The molecule has 0 saturated carbocycles. The van der Waals surface area contributed by atoms with Crippen molar-refractivity contribution in [2.75, 3.05) is 19.8 Å². The molecule has 4 nitrogen and oxygen atoms in total. The summed E-state index contributed by atoms with van der Waals surface area (Å²) in [5, 5.41) is 8.02. The molecule has 4 heteroatoms. The van der Waals surface area contributed by atoms with Gasteiger partial charge in [-0.25, -0.2) is 14.7 Å². The van der Waals surface area contributed by atoms with Crippen LogP contribution in [-0.2, 0) is 14.7 Å². The lowest BCUT2D eigenvalue weighted by atomic mass is 10.1. The van der Waals surface area contributed by atoms with Gasteiger partial charge in [0.25, 0.3) is 0 Å². The topological polar surface area (TPSA) is 47.9 Å². The van der Waals surface area contributed by atoms with E-state index in [4.69, 9.17) is 15.0 Å². The van der Waals surface area contributed by atoms with Gasteiger partial charge in [0, 0.05) is 0 Å². The third-order valence-corrected chi connectivity index (χ3v) is 2.92. The van der Waals surface area contributed by atoms with Crippen LogP contribution in [0.2, 0.25) is 0 Å². The SMILES string of the molecule is CCCCCCCCCCCCOOCCOO. The van der Waals surface area contributed by atoms with Crippen molar-refractivity contribution in [3.8, 4) is 0 Å². The van der Waals surface area contributed by atoms with Gasteiger partial charge in [-0.05, 0) is 6.42 Å². The van der Waals surface area contributed by atoms with Crippen LogP contribution in [0.25, 0.3) is 0 Å². The van der Waals surface area contributed by atoms with Gasteiger partial charge >= 0.3 is 0 Å². The molecule has 0 bridgehead atoms. The van der Waals surface area contributed by atoms with Crippen LogP contribution < -0.4 is 0 Å². The molecule has 0 radical (unpaired) electrons. The summed E-state index contributed by atoms with van der Waals surface area (Å²) in [5.74, 6) is 0. The molecule has 0 spiro atoms. The van der Waals surface area contributed by atoms with Crippen LogP contribution in [-0.4, -0.2) is 25.1 Å². The molecule has 0 atom stereocenters. The Morgan fingerprint density at radius 2 is 1.11 bits per heavy atom. The second kappa shape index (κ2) is 16.8. The van der Waals surface area contributed by atoms with E-state index in [1.54, 1.807) is 0 Å². The van der Waals surface area contributed by atoms with Gasteiger partial charge in [0.15, 0.2) is 0 Å². The zero-order valence-electron chi connectivity index (χ0n) is 11.9. The van der Waals surface area contributed by atoms with Crippen LogP contribution >= 0.6 is 0 Å². The molecule has 0 aromatic rings. The Morgan fingerprint density at radius 3 is 1.67 bits per heavy atom. The van der Waals surface area contributed by atoms with Crippen molar-refractivity contribution < 1.29 is 19.9 Å². The van der Waals surface area contributed by atoms with Crippen molar-refractivity contribution in [2.45, 2.75) is 71.1 Å². The zero-order valence-corrected chi connectivity index (χ0v) is 11.9. The maximum Gasteiger partial charge on any atom is 0.109 e. The average Bonchev–Trinajstić information content (AvgIpc) is 2.39. The molecule has 0 amide bonds. The Bertz CT molecular complexity index is 126. The standard InChI is InChI=1S/C14H30O4/c1-2-3-4-5-6-7-8-9-10-11-12-17-18-14-13-16-15/h15H,2-14H2,1H3. The molecule has 0 heterocycles. The minimum Gasteiger partial charge on any atom is -0.252 e. The largest absolute Gasteiger partial charge is 0.252 e. The van der Waals surface area contributed by atoms with Gasteiger partial charge in [0.2, 0.25) is 0 Å². The van der Waals surface area contributed by atoms with Crippen molar-refractivity contribution in [1.29, 1.82) is 0 Å². The second-order valence-electron chi connectivity index (χ2n) is 4.66. The number of rotatable bonds is 15. The molecular weight excluding hydrogens is 232 g/mol. The summed E-state index contributed by atoms with van der Waals surface area (Å²) in [6.07, 6.45) is 13.1. The van der Waals surface area contributed by atoms with E-state index in [9.17, 15) is 0 Å². The second-order valence-corrected chi connectivity index (χ2v) is 4.66. The molecule has 110 valence electrons. The van der Waals surface area contributed by atoms with Crippen LogP contribution in [0.15, 0.2) is 0 Å². The van der Waals surface area contributed by atoms with Gasteiger partial charge in [0.1, 0.15) is 13.2 Å². The molecule has 0 aliphatic rings.